The number of hydrogen-bond acceptors (Lipinski definition) is 2. The normalized spacial score (nSPS) is 43.3. The van der Waals surface area contributed by atoms with E-state index in [1.165, 1.54) is 44.4 Å². The molecule has 0 bridgehead atoms. The van der Waals surface area contributed by atoms with Gasteiger partial charge in [-0.3, -0.25) is 0 Å². The van der Waals surface area contributed by atoms with Gasteiger partial charge in [0.2, 0.25) is 0 Å². The summed E-state index contributed by atoms with van der Waals surface area (Å²) >= 11 is 2.17. The molecule has 3 atom stereocenters. The van der Waals surface area contributed by atoms with E-state index < -0.39 is 0 Å². The fourth-order valence-corrected chi connectivity index (χ4v) is 4.03. The molecular weight excluding hydrogens is 190 g/mol. The van der Waals surface area contributed by atoms with Gasteiger partial charge in [0, 0.05) is 17.3 Å². The molecule has 0 spiro atoms. The van der Waals surface area contributed by atoms with Crippen LogP contribution in [-0.2, 0) is 0 Å². The van der Waals surface area contributed by atoms with Crippen molar-refractivity contribution in [2.75, 3.05) is 12.3 Å². The van der Waals surface area contributed by atoms with Gasteiger partial charge in [0.15, 0.2) is 0 Å². The van der Waals surface area contributed by atoms with Gasteiger partial charge < -0.3 is 5.32 Å². The topological polar surface area (TPSA) is 12.0 Å². The molecule has 14 heavy (non-hydrogen) atoms. The molecule has 82 valence electrons. The summed E-state index contributed by atoms with van der Waals surface area (Å²) in [5, 5.41) is 3.79. The third kappa shape index (κ3) is 2.46. The van der Waals surface area contributed by atoms with E-state index in [1.807, 2.05) is 0 Å². The second kappa shape index (κ2) is 4.44. The molecule has 2 rings (SSSR count). The SMILES string of the molecule is CC1CCCC1NCC1(C)CCCS1. The molecule has 1 N–H and O–H groups in total. The summed E-state index contributed by atoms with van der Waals surface area (Å²) < 4.78 is 0.544. The Bertz CT molecular complexity index is 187. The molecule has 1 aliphatic heterocycles. The molecule has 0 radical (unpaired) electrons. The zero-order valence-electron chi connectivity index (χ0n) is 9.51. The zero-order chi connectivity index (χ0) is 10.0. The summed E-state index contributed by atoms with van der Waals surface area (Å²) in [7, 11) is 0. The van der Waals surface area contributed by atoms with Crippen LogP contribution in [0, 0.1) is 5.92 Å². The van der Waals surface area contributed by atoms with Gasteiger partial charge in [0.25, 0.3) is 0 Å². The molecule has 0 aromatic carbocycles. The maximum atomic E-state index is 3.79. The Hall–Kier alpha value is 0.310. The van der Waals surface area contributed by atoms with E-state index in [0.717, 1.165) is 12.0 Å². The molecule has 2 fully saturated rings. The Morgan fingerprint density at radius 2 is 2.21 bits per heavy atom. The molecule has 2 heteroatoms. The molecule has 1 nitrogen and oxygen atoms in total. The second-order valence-electron chi connectivity index (χ2n) is 5.30. The summed E-state index contributed by atoms with van der Waals surface area (Å²) in [5.74, 6) is 2.28. The van der Waals surface area contributed by atoms with Crippen molar-refractivity contribution in [1.82, 2.24) is 5.32 Å². The van der Waals surface area contributed by atoms with Gasteiger partial charge in [0.05, 0.1) is 0 Å². The van der Waals surface area contributed by atoms with Crippen LogP contribution in [0.25, 0.3) is 0 Å². The summed E-state index contributed by atoms with van der Waals surface area (Å²) in [5.41, 5.74) is 0. The Morgan fingerprint density at radius 3 is 2.79 bits per heavy atom. The second-order valence-corrected chi connectivity index (χ2v) is 6.98. The van der Waals surface area contributed by atoms with Gasteiger partial charge >= 0.3 is 0 Å². The highest BCUT2D eigenvalue weighted by Gasteiger charge is 2.31. The van der Waals surface area contributed by atoms with Gasteiger partial charge in [-0.15, -0.1) is 0 Å². The number of rotatable bonds is 3. The van der Waals surface area contributed by atoms with Crippen molar-refractivity contribution in [2.24, 2.45) is 5.92 Å². The molecule has 2 aliphatic rings. The van der Waals surface area contributed by atoms with Crippen molar-refractivity contribution in [3.8, 4) is 0 Å². The van der Waals surface area contributed by atoms with Crippen molar-refractivity contribution < 1.29 is 0 Å². The fraction of sp³-hybridized carbons (Fsp3) is 1.00. The van der Waals surface area contributed by atoms with Crippen molar-refractivity contribution in [2.45, 2.75) is 56.7 Å². The third-order valence-corrected chi connectivity index (χ3v) is 5.44. The van der Waals surface area contributed by atoms with E-state index in [-0.39, 0.29) is 0 Å². The largest absolute Gasteiger partial charge is 0.312 e. The summed E-state index contributed by atoms with van der Waals surface area (Å²) in [6.45, 7) is 6.05. The molecular formula is C12H23NS. The fourth-order valence-electron chi connectivity index (χ4n) is 2.77. The Balaban J connectivity index is 1.75. The van der Waals surface area contributed by atoms with Crippen molar-refractivity contribution >= 4 is 11.8 Å². The first-order valence-corrected chi connectivity index (χ1v) is 7.05. The van der Waals surface area contributed by atoms with Crippen molar-refractivity contribution in [3.63, 3.8) is 0 Å². The van der Waals surface area contributed by atoms with Gasteiger partial charge in [-0.25, -0.2) is 0 Å². The lowest BCUT2D eigenvalue weighted by atomic mass is 10.0. The minimum absolute atomic E-state index is 0.544. The molecule has 1 heterocycles. The van der Waals surface area contributed by atoms with Crippen LogP contribution in [0.15, 0.2) is 0 Å². The first-order valence-electron chi connectivity index (χ1n) is 6.07. The highest BCUT2D eigenvalue weighted by Crippen LogP contribution is 2.37. The zero-order valence-corrected chi connectivity index (χ0v) is 10.3. The minimum atomic E-state index is 0.544. The predicted molar refractivity (Wildman–Crippen MR) is 64.9 cm³/mol. The van der Waals surface area contributed by atoms with Crippen molar-refractivity contribution in [3.05, 3.63) is 0 Å². The highest BCUT2D eigenvalue weighted by molar-refractivity contribution is 8.00. The van der Waals surface area contributed by atoms with Gasteiger partial charge in [0.1, 0.15) is 0 Å². The minimum Gasteiger partial charge on any atom is -0.312 e. The van der Waals surface area contributed by atoms with E-state index >= 15 is 0 Å². The van der Waals surface area contributed by atoms with Crippen LogP contribution in [0.5, 0.6) is 0 Å². The van der Waals surface area contributed by atoms with Crippen LogP contribution >= 0.6 is 11.8 Å². The standard InChI is InChI=1S/C12H23NS/c1-10-5-3-6-11(10)13-9-12(2)7-4-8-14-12/h10-11,13H,3-9H2,1-2H3. The van der Waals surface area contributed by atoms with Crippen LogP contribution in [-0.4, -0.2) is 23.1 Å². The van der Waals surface area contributed by atoms with Gasteiger partial charge in [-0.1, -0.05) is 13.3 Å². The molecule has 0 aromatic heterocycles. The first-order chi connectivity index (χ1) is 6.70. The molecule has 3 unspecified atom stereocenters. The summed E-state index contributed by atoms with van der Waals surface area (Å²) in [4.78, 5) is 0. The van der Waals surface area contributed by atoms with E-state index in [1.54, 1.807) is 0 Å². The molecule has 0 amide bonds. The molecule has 0 aromatic rings. The predicted octanol–water partition coefficient (Wildman–Crippen LogP) is 3.05. The molecule has 1 aliphatic carbocycles. The quantitative estimate of drug-likeness (QED) is 0.773. The van der Waals surface area contributed by atoms with Crippen LogP contribution < -0.4 is 5.32 Å². The number of thioether (sulfide) groups is 1. The van der Waals surface area contributed by atoms with Crippen LogP contribution in [0.3, 0.4) is 0 Å². The van der Waals surface area contributed by atoms with Gasteiger partial charge in [-0.05, 0) is 44.3 Å². The maximum Gasteiger partial charge on any atom is 0.0256 e. The monoisotopic (exact) mass is 213 g/mol. The average molecular weight is 213 g/mol. The highest BCUT2D eigenvalue weighted by atomic mass is 32.2. The third-order valence-electron chi connectivity index (χ3n) is 3.90. The van der Waals surface area contributed by atoms with Gasteiger partial charge in [-0.2, -0.15) is 11.8 Å². The molecule has 1 saturated carbocycles. The van der Waals surface area contributed by atoms with Crippen LogP contribution in [0.2, 0.25) is 0 Å². The van der Waals surface area contributed by atoms with Crippen LogP contribution in [0.4, 0.5) is 0 Å². The Labute approximate surface area is 92.4 Å². The maximum absolute atomic E-state index is 3.79. The first kappa shape index (κ1) is 10.8. The smallest absolute Gasteiger partial charge is 0.0256 e. The Morgan fingerprint density at radius 1 is 1.36 bits per heavy atom. The lowest BCUT2D eigenvalue weighted by Crippen LogP contribution is -2.40. The molecule has 1 saturated heterocycles. The number of hydrogen-bond donors (Lipinski definition) is 1. The van der Waals surface area contributed by atoms with E-state index in [2.05, 4.69) is 30.9 Å². The summed E-state index contributed by atoms with van der Waals surface area (Å²) in [6.07, 6.45) is 7.10. The lowest BCUT2D eigenvalue weighted by molar-refractivity contribution is 0.401. The number of nitrogens with one attached hydrogen (secondary N) is 1. The van der Waals surface area contributed by atoms with Crippen LogP contribution in [0.1, 0.15) is 46.0 Å². The summed E-state index contributed by atoms with van der Waals surface area (Å²) in [6, 6.07) is 0.813. The van der Waals surface area contributed by atoms with Crippen molar-refractivity contribution in [1.29, 1.82) is 0 Å². The lowest BCUT2D eigenvalue weighted by Gasteiger charge is -2.27. The van der Waals surface area contributed by atoms with E-state index in [4.69, 9.17) is 0 Å². The van der Waals surface area contributed by atoms with E-state index in [9.17, 15) is 0 Å². The van der Waals surface area contributed by atoms with E-state index in [0.29, 0.717) is 4.75 Å². The average Bonchev–Trinajstić information content (AvgIpc) is 2.73. The Kier molecular flexibility index (Phi) is 3.43.